The first-order chi connectivity index (χ1) is 19.7. The molecule has 3 aliphatic rings. The van der Waals surface area contributed by atoms with Crippen molar-refractivity contribution in [3.8, 4) is 5.75 Å². The monoisotopic (exact) mass is 562 g/mol. The van der Waals surface area contributed by atoms with Gasteiger partial charge in [-0.3, -0.25) is 24.3 Å². The van der Waals surface area contributed by atoms with Crippen molar-refractivity contribution in [1.82, 2.24) is 14.8 Å². The van der Waals surface area contributed by atoms with Crippen LogP contribution in [0.3, 0.4) is 0 Å². The Labute approximate surface area is 242 Å². The molecule has 0 saturated carbocycles. The van der Waals surface area contributed by atoms with Crippen LogP contribution in [0.2, 0.25) is 0 Å². The minimum Gasteiger partial charge on any atom is -0.493 e. The molecule has 1 N–H and O–H groups in total. The summed E-state index contributed by atoms with van der Waals surface area (Å²) in [4.78, 5) is 49.6. The lowest BCUT2D eigenvalue weighted by atomic mass is 9.83. The predicted octanol–water partition coefficient (Wildman–Crippen LogP) is 3.97. The molecular weight excluding hydrogens is 520 g/mol. The molecule has 3 unspecified atom stereocenters. The van der Waals surface area contributed by atoms with Crippen LogP contribution < -0.4 is 9.64 Å². The summed E-state index contributed by atoms with van der Waals surface area (Å²) in [5.74, 6) is -0.930. The van der Waals surface area contributed by atoms with Crippen molar-refractivity contribution in [2.75, 3.05) is 44.2 Å². The average molecular weight is 563 g/mol. The Kier molecular flexibility index (Phi) is 8.63. The minimum atomic E-state index is -0.866. The topological polar surface area (TPSA) is 103 Å². The molecule has 41 heavy (non-hydrogen) atoms. The molecule has 2 amide bonds. The first-order valence-electron chi connectivity index (χ1n) is 14.9. The highest BCUT2D eigenvalue weighted by Gasteiger charge is 2.48. The van der Waals surface area contributed by atoms with E-state index in [9.17, 15) is 19.5 Å². The number of anilines is 1. The van der Waals surface area contributed by atoms with Crippen molar-refractivity contribution in [2.45, 2.75) is 64.8 Å². The molecule has 0 bridgehead atoms. The Balaban J connectivity index is 1.42. The Hall–Kier alpha value is -3.46. The number of aromatic nitrogens is 1. The van der Waals surface area contributed by atoms with E-state index in [1.807, 2.05) is 43.0 Å². The molecule has 9 heteroatoms. The lowest BCUT2D eigenvalue weighted by Gasteiger charge is -2.31. The van der Waals surface area contributed by atoms with Crippen LogP contribution in [0.15, 0.2) is 42.7 Å². The molecule has 1 aromatic heterocycles. The second-order valence-electron chi connectivity index (χ2n) is 12.3. The van der Waals surface area contributed by atoms with E-state index in [1.165, 1.54) is 0 Å². The molecule has 0 spiro atoms. The predicted molar refractivity (Wildman–Crippen MR) is 156 cm³/mol. The van der Waals surface area contributed by atoms with Crippen molar-refractivity contribution in [3.05, 3.63) is 53.9 Å². The molecule has 2 saturated heterocycles. The quantitative estimate of drug-likeness (QED) is 0.442. The zero-order valence-electron chi connectivity index (χ0n) is 24.4. The van der Waals surface area contributed by atoms with Crippen LogP contribution in [0.4, 0.5) is 5.69 Å². The van der Waals surface area contributed by atoms with Crippen molar-refractivity contribution < 1.29 is 24.2 Å². The van der Waals surface area contributed by atoms with Crippen molar-refractivity contribution in [2.24, 2.45) is 11.3 Å². The summed E-state index contributed by atoms with van der Waals surface area (Å²) in [7, 11) is 0. The Morgan fingerprint density at radius 2 is 2.07 bits per heavy atom. The zero-order chi connectivity index (χ0) is 29.1. The fourth-order valence-electron chi connectivity index (χ4n) is 6.67. The Morgan fingerprint density at radius 3 is 2.76 bits per heavy atom. The number of rotatable bonds is 11. The summed E-state index contributed by atoms with van der Waals surface area (Å²) in [6.07, 6.45) is 7.29. The third kappa shape index (κ3) is 6.10. The van der Waals surface area contributed by atoms with E-state index in [4.69, 9.17) is 4.74 Å². The molecule has 0 radical (unpaired) electrons. The second kappa shape index (κ2) is 12.2. The van der Waals surface area contributed by atoms with Gasteiger partial charge in [0.15, 0.2) is 0 Å². The highest BCUT2D eigenvalue weighted by atomic mass is 16.5. The number of pyridine rings is 1. The summed E-state index contributed by atoms with van der Waals surface area (Å²) in [6, 6.07) is 9.33. The zero-order valence-corrected chi connectivity index (χ0v) is 24.4. The van der Waals surface area contributed by atoms with Gasteiger partial charge in [-0.1, -0.05) is 39.3 Å². The van der Waals surface area contributed by atoms with E-state index in [-0.39, 0.29) is 30.3 Å². The van der Waals surface area contributed by atoms with Crippen LogP contribution in [0, 0.1) is 11.3 Å². The molecule has 3 atom stereocenters. The molecule has 2 fully saturated rings. The molecule has 9 nitrogen and oxygen atoms in total. The number of amides is 2. The summed E-state index contributed by atoms with van der Waals surface area (Å²) < 4.78 is 5.69. The standard InChI is InChI=1S/C32H42N4O5/c1-4-5-14-36(24-7-6-13-33-19-24)28(37)21-35-20-25(22-8-9-27-23(18-22)11-17-41-27)29(30(38)39)26(35)10-15-34-16-12-32(2,3)31(34)40/h6-9,13,18-19,25-26,29H,4-5,10-12,14-17,20-21H2,1-3H3,(H,38,39). The number of ether oxygens (including phenoxy) is 1. The van der Waals surface area contributed by atoms with Gasteiger partial charge >= 0.3 is 5.97 Å². The highest BCUT2D eigenvalue weighted by molar-refractivity contribution is 5.94. The molecule has 1 aromatic carbocycles. The van der Waals surface area contributed by atoms with E-state index < -0.39 is 17.3 Å². The van der Waals surface area contributed by atoms with Crippen LogP contribution in [-0.2, 0) is 20.8 Å². The summed E-state index contributed by atoms with van der Waals surface area (Å²) >= 11 is 0. The van der Waals surface area contributed by atoms with E-state index in [0.717, 1.165) is 48.2 Å². The molecule has 0 aliphatic carbocycles. The van der Waals surface area contributed by atoms with Gasteiger partial charge < -0.3 is 19.6 Å². The van der Waals surface area contributed by atoms with Crippen LogP contribution in [-0.4, -0.2) is 83.0 Å². The normalized spacial score (nSPS) is 23.4. The van der Waals surface area contributed by atoms with Crippen LogP contribution in [0.5, 0.6) is 5.75 Å². The molecule has 220 valence electrons. The number of likely N-dealkylation sites (tertiary alicyclic amines) is 2. The second-order valence-corrected chi connectivity index (χ2v) is 12.3. The number of fused-ring (bicyclic) bond motifs is 1. The van der Waals surface area contributed by atoms with E-state index in [0.29, 0.717) is 39.2 Å². The molecule has 2 aromatic rings. The van der Waals surface area contributed by atoms with Gasteiger partial charge in [0.1, 0.15) is 5.75 Å². The van der Waals surface area contributed by atoms with Crippen molar-refractivity contribution >= 4 is 23.5 Å². The van der Waals surface area contributed by atoms with Crippen LogP contribution in [0.1, 0.15) is 63.5 Å². The van der Waals surface area contributed by atoms with E-state index >= 15 is 0 Å². The van der Waals surface area contributed by atoms with Crippen molar-refractivity contribution in [1.29, 1.82) is 0 Å². The van der Waals surface area contributed by atoms with Crippen LogP contribution >= 0.6 is 0 Å². The highest BCUT2D eigenvalue weighted by Crippen LogP contribution is 2.41. The number of unbranched alkanes of at least 4 members (excludes halogenated alkanes) is 1. The third-order valence-electron chi connectivity index (χ3n) is 9.08. The maximum absolute atomic E-state index is 13.8. The maximum atomic E-state index is 13.8. The number of nitrogens with zero attached hydrogens (tertiary/aromatic N) is 4. The number of hydrogen-bond donors (Lipinski definition) is 1. The number of benzene rings is 1. The number of carbonyl (C=O) groups excluding carboxylic acids is 2. The summed E-state index contributed by atoms with van der Waals surface area (Å²) in [6.45, 7) is 8.96. The van der Waals surface area contributed by atoms with Gasteiger partial charge in [0.2, 0.25) is 11.8 Å². The van der Waals surface area contributed by atoms with E-state index in [2.05, 4.69) is 22.9 Å². The fraction of sp³-hybridized carbons (Fsp3) is 0.562. The molecule has 4 heterocycles. The van der Waals surface area contributed by atoms with Crippen LogP contribution in [0.25, 0.3) is 0 Å². The van der Waals surface area contributed by atoms with Gasteiger partial charge in [0.25, 0.3) is 0 Å². The minimum absolute atomic E-state index is 0.0676. The summed E-state index contributed by atoms with van der Waals surface area (Å²) in [5.41, 5.74) is 2.42. The Bertz CT molecular complexity index is 1270. The van der Waals surface area contributed by atoms with Gasteiger partial charge in [-0.15, -0.1) is 0 Å². The lowest BCUT2D eigenvalue weighted by Crippen LogP contribution is -2.46. The Morgan fingerprint density at radius 1 is 1.24 bits per heavy atom. The van der Waals surface area contributed by atoms with Gasteiger partial charge in [0, 0.05) is 56.2 Å². The number of carboxylic acid groups (broad SMARTS) is 1. The van der Waals surface area contributed by atoms with Gasteiger partial charge in [-0.25, -0.2) is 0 Å². The SMILES string of the molecule is CCCCN(C(=O)CN1CC(c2ccc3c(c2)CCO3)C(C(=O)O)C1CCN1CCC(C)(C)C1=O)c1cccnc1. The van der Waals surface area contributed by atoms with Gasteiger partial charge in [0.05, 0.1) is 31.0 Å². The molecular formula is C32H42N4O5. The number of hydrogen-bond acceptors (Lipinski definition) is 6. The first kappa shape index (κ1) is 29.0. The van der Waals surface area contributed by atoms with E-state index in [1.54, 1.807) is 17.3 Å². The third-order valence-corrected chi connectivity index (χ3v) is 9.08. The molecule has 3 aliphatic heterocycles. The number of carboxylic acids is 1. The van der Waals surface area contributed by atoms with Crippen molar-refractivity contribution in [3.63, 3.8) is 0 Å². The molecule has 5 rings (SSSR count). The maximum Gasteiger partial charge on any atom is 0.308 e. The average Bonchev–Trinajstić information content (AvgIpc) is 3.64. The number of carbonyl (C=O) groups is 3. The lowest BCUT2D eigenvalue weighted by molar-refractivity contribution is -0.143. The fourth-order valence-corrected chi connectivity index (χ4v) is 6.67. The number of aliphatic carboxylic acids is 1. The van der Waals surface area contributed by atoms with Gasteiger partial charge in [-0.05, 0) is 48.6 Å². The first-order valence-corrected chi connectivity index (χ1v) is 14.9. The largest absolute Gasteiger partial charge is 0.493 e. The summed E-state index contributed by atoms with van der Waals surface area (Å²) in [5, 5.41) is 10.6. The van der Waals surface area contributed by atoms with Gasteiger partial charge in [-0.2, -0.15) is 0 Å². The smallest absolute Gasteiger partial charge is 0.308 e.